The van der Waals surface area contributed by atoms with E-state index >= 15 is 0 Å². The molecule has 0 unspecified atom stereocenters. The molecular weight excluding hydrogens is 392 g/mol. The average Bonchev–Trinajstić information content (AvgIpc) is 2.72. The lowest BCUT2D eigenvalue weighted by Gasteiger charge is -2.13. The number of anilines is 1. The van der Waals surface area contributed by atoms with Crippen molar-refractivity contribution in [2.75, 3.05) is 33.3 Å². The van der Waals surface area contributed by atoms with Crippen LogP contribution in [0.15, 0.2) is 30.3 Å². The molecule has 0 spiro atoms. The molecule has 0 bridgehead atoms. The van der Waals surface area contributed by atoms with E-state index in [4.69, 9.17) is 18.9 Å². The van der Waals surface area contributed by atoms with Gasteiger partial charge >= 0.3 is 12.0 Å². The summed E-state index contributed by atoms with van der Waals surface area (Å²) in [5, 5.41) is 4.68. The van der Waals surface area contributed by atoms with Crippen LogP contribution in [0.3, 0.4) is 0 Å². The van der Waals surface area contributed by atoms with E-state index in [0.29, 0.717) is 17.2 Å². The number of nitrogens with one attached hydrogen (secondary N) is 2. The number of carbonyl (C=O) groups is 3. The van der Waals surface area contributed by atoms with Gasteiger partial charge in [-0.05, 0) is 25.5 Å². The van der Waals surface area contributed by atoms with E-state index in [0.717, 1.165) is 11.1 Å². The molecule has 0 aliphatic heterocycles. The number of amides is 3. The normalized spacial score (nSPS) is 10.0. The largest absolute Gasteiger partial charge is 0.496 e. The number of hydrogen-bond acceptors (Lipinski definition) is 7. The van der Waals surface area contributed by atoms with Crippen LogP contribution in [0.2, 0.25) is 0 Å². The van der Waals surface area contributed by atoms with Crippen LogP contribution in [0.1, 0.15) is 21.5 Å². The number of imide groups is 1. The lowest BCUT2D eigenvalue weighted by atomic mass is 10.1. The summed E-state index contributed by atoms with van der Waals surface area (Å²) in [6.45, 7) is 3.11. The number of hydrogen-bond donors (Lipinski definition) is 2. The highest BCUT2D eigenvalue weighted by atomic mass is 16.5. The van der Waals surface area contributed by atoms with Gasteiger partial charge in [0.05, 0.1) is 21.3 Å². The number of aryl methyl sites for hydroxylation is 2. The summed E-state index contributed by atoms with van der Waals surface area (Å²) in [6.07, 6.45) is 0. The summed E-state index contributed by atoms with van der Waals surface area (Å²) in [7, 11) is 4.24. The smallest absolute Gasteiger partial charge is 0.342 e. The summed E-state index contributed by atoms with van der Waals surface area (Å²) in [5.74, 6) is -0.761. The minimum atomic E-state index is -0.822. The molecule has 2 aromatic rings. The Bertz CT molecular complexity index is 957. The molecule has 2 aromatic carbocycles. The first-order valence-corrected chi connectivity index (χ1v) is 8.94. The zero-order valence-electron chi connectivity index (χ0n) is 17.5. The van der Waals surface area contributed by atoms with Crippen LogP contribution >= 0.6 is 0 Å². The van der Waals surface area contributed by atoms with Gasteiger partial charge in [0.25, 0.3) is 5.91 Å². The van der Waals surface area contributed by atoms with Crippen molar-refractivity contribution in [3.63, 3.8) is 0 Å². The Morgan fingerprint density at radius 2 is 1.50 bits per heavy atom. The minimum absolute atomic E-state index is 0.0441. The van der Waals surface area contributed by atoms with Gasteiger partial charge in [0.1, 0.15) is 11.3 Å². The predicted molar refractivity (Wildman–Crippen MR) is 109 cm³/mol. The number of esters is 1. The number of carbonyl (C=O) groups excluding carboxylic acids is 3. The molecule has 0 radical (unpaired) electrons. The van der Waals surface area contributed by atoms with Crippen LogP contribution in [0.5, 0.6) is 17.2 Å². The SMILES string of the molecule is COc1cc(OC)c(C(=O)OCC(=O)NC(=O)Nc2ccc(C)cc2C)cc1OC. The van der Waals surface area contributed by atoms with Gasteiger partial charge in [-0.25, -0.2) is 9.59 Å². The summed E-state index contributed by atoms with van der Waals surface area (Å²) in [4.78, 5) is 36.3. The Morgan fingerprint density at radius 3 is 2.10 bits per heavy atom. The van der Waals surface area contributed by atoms with Crippen molar-refractivity contribution < 1.29 is 33.3 Å². The molecule has 160 valence electrons. The van der Waals surface area contributed by atoms with Crippen molar-refractivity contribution in [1.29, 1.82) is 0 Å². The highest BCUT2D eigenvalue weighted by Gasteiger charge is 2.20. The van der Waals surface area contributed by atoms with Gasteiger partial charge in [0.2, 0.25) is 0 Å². The van der Waals surface area contributed by atoms with E-state index in [-0.39, 0.29) is 11.3 Å². The predicted octanol–water partition coefficient (Wildman–Crippen LogP) is 2.83. The molecular formula is C21H24N2O7. The lowest BCUT2D eigenvalue weighted by molar-refractivity contribution is -0.123. The van der Waals surface area contributed by atoms with Crippen molar-refractivity contribution in [1.82, 2.24) is 5.32 Å². The molecule has 9 heteroatoms. The molecule has 9 nitrogen and oxygen atoms in total. The molecule has 0 fully saturated rings. The summed E-state index contributed by atoms with van der Waals surface area (Å²) >= 11 is 0. The van der Waals surface area contributed by atoms with Crippen LogP contribution in [0, 0.1) is 13.8 Å². The number of benzene rings is 2. The molecule has 2 N–H and O–H groups in total. The molecule has 0 saturated carbocycles. The summed E-state index contributed by atoms with van der Waals surface area (Å²) in [5.41, 5.74) is 2.51. The Hall–Kier alpha value is -3.75. The third-order valence-corrected chi connectivity index (χ3v) is 4.14. The van der Waals surface area contributed by atoms with E-state index in [2.05, 4.69) is 10.6 Å². The van der Waals surface area contributed by atoms with Gasteiger partial charge in [-0.15, -0.1) is 0 Å². The second kappa shape index (κ2) is 10.1. The van der Waals surface area contributed by atoms with E-state index in [1.807, 2.05) is 26.0 Å². The molecule has 0 heterocycles. The van der Waals surface area contributed by atoms with Crippen molar-refractivity contribution >= 4 is 23.6 Å². The maximum atomic E-state index is 12.4. The summed E-state index contributed by atoms with van der Waals surface area (Å²) in [6, 6.07) is 7.58. The maximum Gasteiger partial charge on any atom is 0.342 e. The van der Waals surface area contributed by atoms with Gasteiger partial charge in [-0.2, -0.15) is 0 Å². The molecule has 30 heavy (non-hydrogen) atoms. The van der Waals surface area contributed by atoms with Crippen molar-refractivity contribution in [3.05, 3.63) is 47.0 Å². The van der Waals surface area contributed by atoms with Crippen LogP contribution in [-0.4, -0.2) is 45.8 Å². The minimum Gasteiger partial charge on any atom is -0.496 e. The number of ether oxygens (including phenoxy) is 4. The van der Waals surface area contributed by atoms with Gasteiger partial charge in [0, 0.05) is 17.8 Å². The first-order chi connectivity index (χ1) is 14.3. The van der Waals surface area contributed by atoms with E-state index in [9.17, 15) is 14.4 Å². The standard InChI is InChI=1S/C21H24N2O7/c1-12-6-7-15(13(2)8-12)22-21(26)23-19(24)11-30-20(25)14-9-17(28-4)18(29-5)10-16(14)27-3/h6-10H,11H2,1-5H3,(H2,22,23,24,26). The van der Waals surface area contributed by atoms with Crippen molar-refractivity contribution in [2.24, 2.45) is 0 Å². The second-order valence-corrected chi connectivity index (χ2v) is 6.30. The highest BCUT2D eigenvalue weighted by molar-refractivity contribution is 6.03. The molecule has 0 atom stereocenters. The van der Waals surface area contributed by atoms with Crippen molar-refractivity contribution in [3.8, 4) is 17.2 Å². The second-order valence-electron chi connectivity index (χ2n) is 6.30. The van der Waals surface area contributed by atoms with Crippen molar-refractivity contribution in [2.45, 2.75) is 13.8 Å². The first kappa shape index (κ1) is 22.5. The topological polar surface area (TPSA) is 112 Å². The van der Waals surface area contributed by atoms with Crippen LogP contribution in [-0.2, 0) is 9.53 Å². The average molecular weight is 416 g/mol. The third kappa shape index (κ3) is 5.63. The first-order valence-electron chi connectivity index (χ1n) is 8.94. The molecule has 0 saturated heterocycles. The number of urea groups is 1. The van der Waals surface area contributed by atoms with Gasteiger partial charge in [-0.3, -0.25) is 10.1 Å². The molecule has 0 aliphatic carbocycles. The Kier molecular flexibility index (Phi) is 7.62. The van der Waals surface area contributed by atoms with Gasteiger partial charge < -0.3 is 24.3 Å². The maximum absolute atomic E-state index is 12.4. The summed E-state index contributed by atoms with van der Waals surface area (Å²) < 4.78 is 20.5. The Labute approximate surface area is 174 Å². The van der Waals surface area contributed by atoms with Crippen LogP contribution in [0.25, 0.3) is 0 Å². The number of methoxy groups -OCH3 is 3. The highest BCUT2D eigenvalue weighted by Crippen LogP contribution is 2.34. The van der Waals surface area contributed by atoms with Crippen LogP contribution < -0.4 is 24.8 Å². The zero-order valence-corrected chi connectivity index (χ0v) is 17.5. The fraction of sp³-hybridized carbons (Fsp3) is 0.286. The van der Waals surface area contributed by atoms with Crippen LogP contribution in [0.4, 0.5) is 10.5 Å². The van der Waals surface area contributed by atoms with E-state index in [1.54, 1.807) is 6.07 Å². The molecule has 0 aromatic heterocycles. The third-order valence-electron chi connectivity index (χ3n) is 4.14. The van der Waals surface area contributed by atoms with Gasteiger partial charge in [0.15, 0.2) is 18.1 Å². The molecule has 0 aliphatic rings. The number of rotatable bonds is 7. The van der Waals surface area contributed by atoms with Gasteiger partial charge in [-0.1, -0.05) is 17.7 Å². The van der Waals surface area contributed by atoms with E-state index in [1.165, 1.54) is 33.5 Å². The monoisotopic (exact) mass is 416 g/mol. The zero-order chi connectivity index (χ0) is 22.3. The van der Waals surface area contributed by atoms with E-state index < -0.39 is 24.5 Å². The lowest BCUT2D eigenvalue weighted by Crippen LogP contribution is -2.37. The Morgan fingerprint density at radius 1 is 0.867 bits per heavy atom. The Balaban J connectivity index is 1.97. The fourth-order valence-corrected chi connectivity index (χ4v) is 2.67. The fourth-order valence-electron chi connectivity index (χ4n) is 2.67. The quantitative estimate of drug-likeness (QED) is 0.668. The molecule has 3 amide bonds. The molecule has 2 rings (SSSR count).